The Morgan fingerprint density at radius 2 is 1.22 bits per heavy atom. The van der Waals surface area contributed by atoms with Crippen LogP contribution in [0.5, 0.6) is 0 Å². The van der Waals surface area contributed by atoms with Gasteiger partial charge in [-0.15, -0.1) is 0 Å². The van der Waals surface area contributed by atoms with Crippen molar-refractivity contribution in [3.8, 4) is 0 Å². The standard InChI is InChI=1S/C27H29N3O3.C26H31N3O2.CH4/c31-25-14-15-28-24-13-12-23(30(24)25)27(33)29-22-10-7-18(8-11-22)16-19-6-9-21(17-19)26(32)20-4-2-1-3-5-20;1-18-14-15-29(28-18)19(2)26(31)27-24-12-9-20(10-13-24)16-21-8-11-23(17-21)25(30)22-6-4-3-5-7-22;/h1-5,7-8,10-11,14-15,19,21,23,26,32H,6,9,12-13,16-17H2,(H,29,33);3-7,9-10,12-15,19,21,23,25,30H,8,11,16-17H2,1-2H3,(H,27,31);1H4/t19-,21-,23-,26+;19-,21-,23-,25+;/m00./s1. The van der Waals surface area contributed by atoms with Gasteiger partial charge in [-0.3, -0.25) is 23.6 Å². The highest BCUT2D eigenvalue weighted by Crippen LogP contribution is 2.42. The third-order valence-corrected chi connectivity index (χ3v) is 13.6. The van der Waals surface area contributed by atoms with E-state index >= 15 is 0 Å². The summed E-state index contributed by atoms with van der Waals surface area (Å²) in [4.78, 5) is 41.7. The molecule has 4 N–H and O–H groups in total. The van der Waals surface area contributed by atoms with Crippen LogP contribution < -0.4 is 16.2 Å². The molecule has 11 nitrogen and oxygen atoms in total. The zero-order valence-electron chi connectivity index (χ0n) is 36.8. The van der Waals surface area contributed by atoms with Gasteiger partial charge in [0.15, 0.2) is 0 Å². The van der Waals surface area contributed by atoms with E-state index in [1.54, 1.807) is 4.68 Å². The number of aromatic nitrogens is 4. The zero-order valence-corrected chi connectivity index (χ0v) is 36.8. The van der Waals surface area contributed by atoms with Crippen LogP contribution in [0.4, 0.5) is 11.4 Å². The first kappa shape index (κ1) is 46.8. The van der Waals surface area contributed by atoms with Crippen LogP contribution in [0.25, 0.3) is 0 Å². The summed E-state index contributed by atoms with van der Waals surface area (Å²) in [5, 5.41) is 31.7. The zero-order chi connectivity index (χ0) is 44.6. The quantitative estimate of drug-likeness (QED) is 0.0902. The summed E-state index contributed by atoms with van der Waals surface area (Å²) < 4.78 is 3.18. The minimum Gasteiger partial charge on any atom is -0.388 e. The Bertz CT molecular complexity index is 2520. The summed E-state index contributed by atoms with van der Waals surface area (Å²) in [5.41, 5.74) is 6.79. The third kappa shape index (κ3) is 11.8. The molecule has 2 saturated carbocycles. The first-order chi connectivity index (χ1) is 31.1. The van der Waals surface area contributed by atoms with Crippen LogP contribution >= 0.6 is 0 Å². The average Bonchev–Trinajstić information content (AvgIpc) is 4.16. The van der Waals surface area contributed by atoms with E-state index in [2.05, 4.69) is 45.0 Å². The predicted octanol–water partition coefficient (Wildman–Crippen LogP) is 9.78. The maximum absolute atomic E-state index is 12.8. The molecule has 0 bridgehead atoms. The summed E-state index contributed by atoms with van der Waals surface area (Å²) in [6.07, 6.45) is 12.2. The Kier molecular flexibility index (Phi) is 15.6. The lowest BCUT2D eigenvalue weighted by Gasteiger charge is -2.19. The van der Waals surface area contributed by atoms with Crippen LogP contribution in [-0.2, 0) is 28.9 Å². The highest BCUT2D eigenvalue weighted by molar-refractivity contribution is 5.94. The van der Waals surface area contributed by atoms with Gasteiger partial charge in [0.05, 0.1) is 17.9 Å². The van der Waals surface area contributed by atoms with Crippen LogP contribution in [-0.4, -0.2) is 41.4 Å². The molecule has 0 radical (unpaired) electrons. The van der Waals surface area contributed by atoms with Crippen LogP contribution in [0, 0.1) is 30.6 Å². The van der Waals surface area contributed by atoms with Gasteiger partial charge in [0.1, 0.15) is 17.9 Å². The van der Waals surface area contributed by atoms with Crippen molar-refractivity contribution in [2.24, 2.45) is 23.7 Å². The molecule has 3 aliphatic rings. The van der Waals surface area contributed by atoms with Gasteiger partial charge in [-0.05, 0) is 148 Å². The summed E-state index contributed by atoms with van der Waals surface area (Å²) >= 11 is 0. The van der Waals surface area contributed by atoms with Gasteiger partial charge >= 0.3 is 0 Å². The van der Waals surface area contributed by atoms with E-state index in [1.165, 1.54) is 28.0 Å². The van der Waals surface area contributed by atoms with Crippen molar-refractivity contribution in [1.82, 2.24) is 19.3 Å². The fourth-order valence-corrected chi connectivity index (χ4v) is 9.99. The molecule has 2 aliphatic carbocycles. The van der Waals surface area contributed by atoms with E-state index in [4.69, 9.17) is 0 Å². The van der Waals surface area contributed by atoms with E-state index in [0.717, 1.165) is 79.6 Å². The number of hydrogen-bond acceptors (Lipinski definition) is 7. The largest absolute Gasteiger partial charge is 0.388 e. The number of hydrogen-bond donors (Lipinski definition) is 4. The molecule has 340 valence electrons. The lowest BCUT2D eigenvalue weighted by molar-refractivity contribution is -0.119. The molecule has 4 aromatic carbocycles. The number of aryl methyl sites for hydroxylation is 2. The number of nitrogens with one attached hydrogen (secondary N) is 2. The molecule has 1 aliphatic heterocycles. The fraction of sp³-hybridized carbons (Fsp3) is 0.389. The van der Waals surface area contributed by atoms with Gasteiger partial charge in [0.25, 0.3) is 5.56 Å². The molecule has 11 heteroatoms. The molecule has 2 amide bonds. The Labute approximate surface area is 383 Å². The maximum atomic E-state index is 12.8. The molecule has 2 aromatic heterocycles. The Morgan fingerprint density at radius 1 is 0.692 bits per heavy atom. The van der Waals surface area contributed by atoms with Gasteiger partial charge in [-0.1, -0.05) is 92.4 Å². The van der Waals surface area contributed by atoms with Crippen molar-refractivity contribution in [2.45, 2.75) is 110 Å². The number of carbonyl (C=O) groups excluding carboxylic acids is 2. The number of carbonyl (C=O) groups is 2. The molecule has 0 saturated heterocycles. The van der Waals surface area contributed by atoms with Crippen molar-refractivity contribution in [1.29, 1.82) is 0 Å². The third-order valence-electron chi connectivity index (χ3n) is 13.6. The lowest BCUT2D eigenvalue weighted by Crippen LogP contribution is -2.31. The van der Waals surface area contributed by atoms with E-state index < -0.39 is 12.1 Å². The molecule has 6 aromatic rings. The second-order valence-electron chi connectivity index (χ2n) is 18.1. The van der Waals surface area contributed by atoms with Gasteiger partial charge in [0.2, 0.25) is 11.8 Å². The highest BCUT2D eigenvalue weighted by Gasteiger charge is 2.33. The number of aliphatic hydroxyl groups excluding tert-OH is 2. The second-order valence-corrected chi connectivity index (χ2v) is 18.1. The van der Waals surface area contributed by atoms with Gasteiger partial charge < -0.3 is 20.8 Å². The van der Waals surface area contributed by atoms with Crippen molar-refractivity contribution >= 4 is 23.2 Å². The maximum Gasteiger partial charge on any atom is 0.254 e. The average molecular weight is 877 g/mol. The van der Waals surface area contributed by atoms with E-state index in [9.17, 15) is 24.6 Å². The van der Waals surface area contributed by atoms with Crippen LogP contribution in [0.1, 0.15) is 117 Å². The summed E-state index contributed by atoms with van der Waals surface area (Å²) in [6.45, 7) is 3.76. The van der Waals surface area contributed by atoms with Crippen molar-refractivity contribution < 1.29 is 19.8 Å². The number of rotatable bonds is 13. The minimum atomic E-state index is -0.507. The van der Waals surface area contributed by atoms with Crippen molar-refractivity contribution in [2.75, 3.05) is 10.6 Å². The second kappa shape index (κ2) is 21.7. The van der Waals surface area contributed by atoms with Crippen LogP contribution in [0.2, 0.25) is 0 Å². The van der Waals surface area contributed by atoms with Gasteiger partial charge in [0, 0.05) is 36.3 Å². The monoisotopic (exact) mass is 876 g/mol. The first-order valence-electron chi connectivity index (χ1n) is 22.9. The van der Waals surface area contributed by atoms with E-state index in [-0.39, 0.29) is 36.9 Å². The minimum absolute atomic E-state index is 0. The SMILES string of the molecule is C.Cc1ccn([C@@H](C)C(=O)Nc2ccc(C[C@@H]3CC[C@H]([C@H](O)c4ccccc4)C3)cc2)n1.O=C(Nc1ccc(C[C@@H]2CC[C@H]([C@H](O)c3ccccc3)C2)cc1)[C@@H]1CCc2nccc(=O)n21. The molecule has 9 rings (SSSR count). The predicted molar refractivity (Wildman–Crippen MR) is 256 cm³/mol. The fourth-order valence-electron chi connectivity index (χ4n) is 9.99. The van der Waals surface area contributed by atoms with Crippen LogP contribution in [0.3, 0.4) is 0 Å². The molecule has 65 heavy (non-hydrogen) atoms. The van der Waals surface area contributed by atoms with Gasteiger partial charge in [-0.2, -0.15) is 5.10 Å². The number of nitrogens with zero attached hydrogens (tertiary/aromatic N) is 4. The van der Waals surface area contributed by atoms with Gasteiger partial charge in [-0.25, -0.2) is 4.98 Å². The van der Waals surface area contributed by atoms with E-state index in [1.807, 2.05) is 111 Å². The summed E-state index contributed by atoms with van der Waals surface area (Å²) in [5.74, 6) is 2.20. The molecular formula is C54H64N6O5. The Hall–Kier alpha value is -6.17. The molecular weight excluding hydrogens is 813 g/mol. The lowest BCUT2D eigenvalue weighted by atomic mass is 9.91. The number of anilines is 2. The van der Waals surface area contributed by atoms with E-state index in [0.29, 0.717) is 42.3 Å². The topological polar surface area (TPSA) is 151 Å². The Balaban J connectivity index is 0.000000191. The molecule has 2 fully saturated rings. The smallest absolute Gasteiger partial charge is 0.254 e. The normalized spacial score (nSPS) is 21.2. The number of fused-ring (bicyclic) bond motifs is 1. The molecule has 8 atom stereocenters. The number of benzene rings is 4. The van der Waals surface area contributed by atoms with Crippen LogP contribution in [0.15, 0.2) is 139 Å². The summed E-state index contributed by atoms with van der Waals surface area (Å²) in [7, 11) is 0. The number of aliphatic hydroxyl groups is 2. The van der Waals surface area contributed by atoms with Crippen molar-refractivity contribution in [3.05, 3.63) is 178 Å². The molecule has 3 heterocycles. The van der Waals surface area contributed by atoms with Crippen molar-refractivity contribution in [3.63, 3.8) is 0 Å². The summed E-state index contributed by atoms with van der Waals surface area (Å²) in [6, 6.07) is 38.5. The Morgan fingerprint density at radius 3 is 1.72 bits per heavy atom. The number of amides is 2. The molecule has 0 unspecified atom stereocenters. The first-order valence-corrected chi connectivity index (χ1v) is 22.9. The molecule has 0 spiro atoms. The highest BCUT2D eigenvalue weighted by atomic mass is 16.3.